The number of nitrogens with zero attached hydrogens (tertiary/aromatic N) is 1. The Kier molecular flexibility index (Phi) is 7.10. The van der Waals surface area contributed by atoms with Gasteiger partial charge in [-0.25, -0.2) is 9.78 Å². The molecule has 21 heavy (non-hydrogen) atoms. The number of aromatic nitrogens is 1. The maximum absolute atomic E-state index is 12.1. The number of nitrogens with two attached hydrogens (primary N) is 1. The van der Waals surface area contributed by atoms with E-state index in [1.165, 1.54) is 11.3 Å². The van der Waals surface area contributed by atoms with Crippen molar-refractivity contribution in [1.29, 1.82) is 0 Å². The van der Waals surface area contributed by atoms with Gasteiger partial charge in [0.15, 0.2) is 5.13 Å². The van der Waals surface area contributed by atoms with Crippen molar-refractivity contribution in [3.8, 4) is 0 Å². The first-order valence-corrected chi connectivity index (χ1v) is 7.71. The van der Waals surface area contributed by atoms with Crippen molar-refractivity contribution in [1.82, 2.24) is 10.3 Å². The quantitative estimate of drug-likeness (QED) is 0.547. The number of nitrogens with one attached hydrogen (secondary N) is 2. The average Bonchev–Trinajstić information content (AvgIpc) is 2.86. The van der Waals surface area contributed by atoms with Crippen LogP contribution in [0.4, 0.5) is 9.93 Å². The molecule has 0 aliphatic heterocycles. The molecule has 2 amide bonds. The van der Waals surface area contributed by atoms with Crippen molar-refractivity contribution in [3.63, 3.8) is 0 Å². The summed E-state index contributed by atoms with van der Waals surface area (Å²) in [6.07, 6.45) is 2.35. The van der Waals surface area contributed by atoms with Gasteiger partial charge >= 0.3 is 6.09 Å². The predicted octanol–water partition coefficient (Wildman–Crippen LogP) is 1.97. The lowest BCUT2D eigenvalue weighted by Crippen LogP contribution is -2.43. The number of rotatable bonds is 8. The van der Waals surface area contributed by atoms with Gasteiger partial charge in [-0.1, -0.05) is 13.8 Å². The molecule has 5 N–H and O–H groups in total. The summed E-state index contributed by atoms with van der Waals surface area (Å²) in [6.45, 7) is 4.60. The Morgan fingerprint density at radius 2 is 2.14 bits per heavy atom. The normalized spacial score (nSPS) is 12.2. The molecule has 7 nitrogen and oxygen atoms in total. The molecule has 118 valence electrons. The summed E-state index contributed by atoms with van der Waals surface area (Å²) in [5.41, 5.74) is 5.40. The van der Waals surface area contributed by atoms with Gasteiger partial charge in [0.1, 0.15) is 6.04 Å². The van der Waals surface area contributed by atoms with Crippen LogP contribution in [0.3, 0.4) is 0 Å². The second-order valence-corrected chi connectivity index (χ2v) is 6.06. The highest BCUT2D eigenvalue weighted by atomic mass is 32.1. The molecular weight excluding hydrogens is 292 g/mol. The number of unbranched alkanes of at least 4 members (excludes halogenated alkanes) is 1. The molecule has 0 aromatic carbocycles. The highest BCUT2D eigenvalue weighted by Crippen LogP contribution is 2.25. The van der Waals surface area contributed by atoms with Gasteiger partial charge in [-0.15, -0.1) is 11.3 Å². The SMILES string of the molecule is CC(C)c1cnc(NC(=O)C(CCCCN)NC(=O)O)s1. The Labute approximate surface area is 127 Å². The van der Waals surface area contributed by atoms with Crippen molar-refractivity contribution in [2.24, 2.45) is 5.73 Å². The molecule has 0 saturated heterocycles. The fraction of sp³-hybridized carbons (Fsp3) is 0.615. The molecule has 1 aromatic rings. The first kappa shape index (κ1) is 17.4. The number of hydrogen-bond acceptors (Lipinski definition) is 5. The molecular formula is C13H22N4O3S. The highest BCUT2D eigenvalue weighted by molar-refractivity contribution is 7.15. The van der Waals surface area contributed by atoms with E-state index in [0.717, 1.165) is 11.3 Å². The zero-order chi connectivity index (χ0) is 15.8. The van der Waals surface area contributed by atoms with Crippen LogP contribution in [-0.2, 0) is 4.79 Å². The minimum Gasteiger partial charge on any atom is -0.465 e. The average molecular weight is 314 g/mol. The zero-order valence-corrected chi connectivity index (χ0v) is 13.1. The summed E-state index contributed by atoms with van der Waals surface area (Å²) in [7, 11) is 0. The maximum Gasteiger partial charge on any atom is 0.405 e. The molecule has 1 aromatic heterocycles. The Morgan fingerprint density at radius 1 is 1.43 bits per heavy atom. The molecule has 1 heterocycles. The standard InChI is InChI=1S/C13H22N4O3S/c1-8(2)10-7-15-12(21-10)17-11(18)9(16-13(19)20)5-3-4-6-14/h7-9,16H,3-6,14H2,1-2H3,(H,19,20)(H,15,17,18). The summed E-state index contributed by atoms with van der Waals surface area (Å²) in [5, 5.41) is 14.2. The number of anilines is 1. The van der Waals surface area contributed by atoms with Crippen LogP contribution in [0.15, 0.2) is 6.20 Å². The van der Waals surface area contributed by atoms with E-state index in [-0.39, 0.29) is 5.91 Å². The van der Waals surface area contributed by atoms with Crippen molar-refractivity contribution >= 4 is 28.5 Å². The molecule has 1 rings (SSSR count). The fourth-order valence-corrected chi connectivity index (χ4v) is 2.54. The van der Waals surface area contributed by atoms with Gasteiger partial charge in [-0.3, -0.25) is 4.79 Å². The van der Waals surface area contributed by atoms with Crippen LogP contribution in [0.25, 0.3) is 0 Å². The molecule has 1 atom stereocenters. The third-order valence-electron chi connectivity index (χ3n) is 2.88. The number of carboxylic acid groups (broad SMARTS) is 1. The largest absolute Gasteiger partial charge is 0.465 e. The smallest absolute Gasteiger partial charge is 0.405 e. The van der Waals surface area contributed by atoms with E-state index < -0.39 is 12.1 Å². The summed E-state index contributed by atoms with van der Waals surface area (Å²) < 4.78 is 0. The lowest BCUT2D eigenvalue weighted by molar-refractivity contribution is -0.118. The number of carbonyl (C=O) groups excluding carboxylic acids is 1. The van der Waals surface area contributed by atoms with E-state index in [4.69, 9.17) is 10.8 Å². The number of hydrogen-bond donors (Lipinski definition) is 4. The topological polar surface area (TPSA) is 117 Å². The molecule has 0 spiro atoms. The zero-order valence-electron chi connectivity index (χ0n) is 12.3. The number of thiazole rings is 1. The van der Waals surface area contributed by atoms with Crippen LogP contribution in [0.1, 0.15) is 43.9 Å². The molecule has 0 saturated carbocycles. The first-order valence-electron chi connectivity index (χ1n) is 6.90. The van der Waals surface area contributed by atoms with Crippen LogP contribution in [0, 0.1) is 0 Å². The summed E-state index contributed by atoms with van der Waals surface area (Å²) in [6, 6.07) is -0.791. The van der Waals surface area contributed by atoms with Gasteiger partial charge in [0, 0.05) is 11.1 Å². The van der Waals surface area contributed by atoms with Crippen molar-refractivity contribution < 1.29 is 14.7 Å². The van der Waals surface area contributed by atoms with Crippen molar-refractivity contribution in [2.75, 3.05) is 11.9 Å². The number of carbonyl (C=O) groups is 2. The van der Waals surface area contributed by atoms with Gasteiger partial charge in [0.25, 0.3) is 0 Å². The minimum atomic E-state index is -1.22. The lowest BCUT2D eigenvalue weighted by atomic mass is 10.1. The lowest BCUT2D eigenvalue weighted by Gasteiger charge is -2.15. The third kappa shape index (κ3) is 6.09. The fourth-order valence-electron chi connectivity index (χ4n) is 1.71. The third-order valence-corrected chi connectivity index (χ3v) is 4.10. The highest BCUT2D eigenvalue weighted by Gasteiger charge is 2.21. The van der Waals surface area contributed by atoms with Crippen LogP contribution >= 0.6 is 11.3 Å². The van der Waals surface area contributed by atoms with Gasteiger partial charge in [-0.2, -0.15) is 0 Å². The van der Waals surface area contributed by atoms with E-state index in [1.54, 1.807) is 6.20 Å². The van der Waals surface area contributed by atoms with E-state index in [2.05, 4.69) is 15.6 Å². The van der Waals surface area contributed by atoms with Crippen molar-refractivity contribution in [3.05, 3.63) is 11.1 Å². The first-order chi connectivity index (χ1) is 9.93. The van der Waals surface area contributed by atoms with Gasteiger partial charge in [0.05, 0.1) is 0 Å². The molecule has 0 bridgehead atoms. The van der Waals surface area contributed by atoms with E-state index >= 15 is 0 Å². The Morgan fingerprint density at radius 3 is 2.67 bits per heavy atom. The molecule has 8 heteroatoms. The van der Waals surface area contributed by atoms with Crippen LogP contribution < -0.4 is 16.4 Å². The monoisotopic (exact) mass is 314 g/mol. The van der Waals surface area contributed by atoms with E-state index in [9.17, 15) is 9.59 Å². The second-order valence-electron chi connectivity index (χ2n) is 5.00. The summed E-state index contributed by atoms with van der Waals surface area (Å²) in [4.78, 5) is 28.1. The molecule has 0 aliphatic carbocycles. The van der Waals surface area contributed by atoms with Crippen molar-refractivity contribution in [2.45, 2.75) is 45.1 Å². The molecule has 1 unspecified atom stereocenters. The maximum atomic E-state index is 12.1. The van der Waals surface area contributed by atoms with Gasteiger partial charge < -0.3 is 21.5 Å². The Balaban J connectivity index is 2.63. The van der Waals surface area contributed by atoms with E-state index in [1.807, 2.05) is 13.8 Å². The summed E-state index contributed by atoms with van der Waals surface area (Å²) >= 11 is 1.40. The Hall–Kier alpha value is -1.67. The Bertz CT molecular complexity index is 476. The molecule has 0 radical (unpaired) electrons. The van der Waals surface area contributed by atoms with Crippen LogP contribution in [0.2, 0.25) is 0 Å². The van der Waals surface area contributed by atoms with Gasteiger partial charge in [0.2, 0.25) is 5.91 Å². The minimum absolute atomic E-state index is 0.339. The van der Waals surface area contributed by atoms with E-state index in [0.29, 0.717) is 30.4 Å². The number of amides is 2. The van der Waals surface area contributed by atoms with Crippen LogP contribution in [-0.4, -0.2) is 34.7 Å². The van der Waals surface area contributed by atoms with Crippen LogP contribution in [0.5, 0.6) is 0 Å². The molecule has 0 fully saturated rings. The summed E-state index contributed by atoms with van der Waals surface area (Å²) in [5.74, 6) is -0.0512. The molecule has 0 aliphatic rings. The predicted molar refractivity (Wildman–Crippen MR) is 82.7 cm³/mol. The van der Waals surface area contributed by atoms with Gasteiger partial charge in [-0.05, 0) is 31.7 Å². The second kappa shape index (κ2) is 8.58.